The van der Waals surface area contributed by atoms with E-state index >= 15 is 0 Å². The fraction of sp³-hybridized carbons (Fsp3) is 0.938. The summed E-state index contributed by atoms with van der Waals surface area (Å²) in [6.45, 7) is 5.20. The maximum absolute atomic E-state index is 12.5. The highest BCUT2D eigenvalue weighted by atomic mass is 16.2. The van der Waals surface area contributed by atoms with Crippen LogP contribution in [0.15, 0.2) is 0 Å². The van der Waals surface area contributed by atoms with Gasteiger partial charge in [0.25, 0.3) is 0 Å². The van der Waals surface area contributed by atoms with E-state index in [0.717, 1.165) is 44.9 Å². The fourth-order valence-corrected chi connectivity index (χ4v) is 3.47. The lowest BCUT2D eigenvalue weighted by atomic mass is 9.90. The summed E-state index contributed by atoms with van der Waals surface area (Å²) < 4.78 is 0. The zero-order chi connectivity index (χ0) is 14.4. The number of carbonyl (C=O) groups excluding carboxylic acids is 1. The molecule has 0 aromatic rings. The zero-order valence-corrected chi connectivity index (χ0v) is 13.2. The molecule has 0 atom stereocenters. The number of piperidine rings is 2. The van der Waals surface area contributed by atoms with E-state index in [2.05, 4.69) is 29.2 Å². The van der Waals surface area contributed by atoms with Gasteiger partial charge < -0.3 is 15.1 Å². The Labute approximate surface area is 123 Å². The lowest BCUT2D eigenvalue weighted by Gasteiger charge is -2.35. The molecule has 2 rings (SSSR count). The van der Waals surface area contributed by atoms with E-state index in [1.807, 2.05) is 0 Å². The van der Waals surface area contributed by atoms with E-state index in [-0.39, 0.29) is 0 Å². The topological polar surface area (TPSA) is 35.6 Å². The van der Waals surface area contributed by atoms with Gasteiger partial charge in [-0.15, -0.1) is 0 Å². The number of rotatable bonds is 5. The standard InChI is InChI=1S/C16H31N3O/c1-18(2)11-3-4-14-7-12-19(13-8-14)16(20)15-5-9-17-10-6-15/h14-15,17H,3-13H2,1-2H3. The Balaban J connectivity index is 1.66. The van der Waals surface area contributed by atoms with Crippen molar-refractivity contribution in [1.29, 1.82) is 0 Å². The number of likely N-dealkylation sites (tertiary alicyclic amines) is 1. The number of amides is 1. The molecule has 0 bridgehead atoms. The monoisotopic (exact) mass is 281 g/mol. The van der Waals surface area contributed by atoms with Crippen molar-refractivity contribution in [2.75, 3.05) is 46.8 Å². The van der Waals surface area contributed by atoms with Crippen LogP contribution >= 0.6 is 0 Å². The smallest absolute Gasteiger partial charge is 0.225 e. The van der Waals surface area contributed by atoms with E-state index in [1.54, 1.807) is 0 Å². The molecule has 0 aliphatic carbocycles. The number of carbonyl (C=O) groups is 1. The average molecular weight is 281 g/mol. The minimum absolute atomic E-state index is 0.293. The Morgan fingerprint density at radius 1 is 1.15 bits per heavy atom. The molecular formula is C16H31N3O. The molecule has 2 saturated heterocycles. The number of hydrogen-bond donors (Lipinski definition) is 1. The van der Waals surface area contributed by atoms with Crippen LogP contribution in [-0.2, 0) is 4.79 Å². The third kappa shape index (κ3) is 4.74. The molecule has 1 amide bonds. The minimum Gasteiger partial charge on any atom is -0.342 e. The van der Waals surface area contributed by atoms with Crippen molar-refractivity contribution >= 4 is 5.91 Å². The Morgan fingerprint density at radius 3 is 2.40 bits per heavy atom. The summed E-state index contributed by atoms with van der Waals surface area (Å²) in [6.07, 6.45) is 7.10. The Bertz CT molecular complexity index is 292. The van der Waals surface area contributed by atoms with Crippen molar-refractivity contribution in [3.05, 3.63) is 0 Å². The van der Waals surface area contributed by atoms with E-state index in [0.29, 0.717) is 11.8 Å². The van der Waals surface area contributed by atoms with Crippen LogP contribution in [0.2, 0.25) is 0 Å². The van der Waals surface area contributed by atoms with Gasteiger partial charge in [-0.05, 0) is 78.2 Å². The minimum atomic E-state index is 0.293. The molecular weight excluding hydrogens is 250 g/mol. The summed E-state index contributed by atoms with van der Waals surface area (Å²) >= 11 is 0. The molecule has 116 valence electrons. The van der Waals surface area contributed by atoms with Crippen molar-refractivity contribution < 1.29 is 4.79 Å². The maximum Gasteiger partial charge on any atom is 0.225 e. The summed E-state index contributed by atoms with van der Waals surface area (Å²) in [4.78, 5) is 16.9. The van der Waals surface area contributed by atoms with Crippen LogP contribution in [0.3, 0.4) is 0 Å². The SMILES string of the molecule is CN(C)CCCC1CCN(C(=O)C2CCNCC2)CC1. The number of nitrogens with zero attached hydrogens (tertiary/aromatic N) is 2. The molecule has 20 heavy (non-hydrogen) atoms. The molecule has 0 aromatic carbocycles. The average Bonchev–Trinajstić information content (AvgIpc) is 2.48. The lowest BCUT2D eigenvalue weighted by Crippen LogP contribution is -2.44. The largest absolute Gasteiger partial charge is 0.342 e. The molecule has 0 aromatic heterocycles. The van der Waals surface area contributed by atoms with Gasteiger partial charge in [0.2, 0.25) is 5.91 Å². The van der Waals surface area contributed by atoms with Gasteiger partial charge in [0, 0.05) is 19.0 Å². The van der Waals surface area contributed by atoms with Crippen molar-refractivity contribution in [2.45, 2.75) is 38.5 Å². The van der Waals surface area contributed by atoms with Gasteiger partial charge in [0.05, 0.1) is 0 Å². The normalized spacial score (nSPS) is 22.4. The quantitative estimate of drug-likeness (QED) is 0.831. The molecule has 1 N–H and O–H groups in total. The molecule has 0 radical (unpaired) electrons. The first-order valence-corrected chi connectivity index (χ1v) is 8.31. The first kappa shape index (κ1) is 15.8. The van der Waals surface area contributed by atoms with Gasteiger partial charge in [-0.1, -0.05) is 0 Å². The van der Waals surface area contributed by atoms with Gasteiger partial charge in [-0.2, -0.15) is 0 Å². The van der Waals surface area contributed by atoms with Crippen molar-refractivity contribution in [3.63, 3.8) is 0 Å². The van der Waals surface area contributed by atoms with Crippen molar-refractivity contribution in [1.82, 2.24) is 15.1 Å². The van der Waals surface area contributed by atoms with E-state index in [9.17, 15) is 4.79 Å². The second-order valence-electron chi connectivity index (χ2n) is 6.74. The van der Waals surface area contributed by atoms with Crippen LogP contribution in [0, 0.1) is 11.8 Å². The summed E-state index contributed by atoms with van der Waals surface area (Å²) in [7, 11) is 4.28. The second kappa shape index (κ2) is 7.99. The maximum atomic E-state index is 12.5. The van der Waals surface area contributed by atoms with Crippen LogP contribution in [-0.4, -0.2) is 62.5 Å². The number of hydrogen-bond acceptors (Lipinski definition) is 3. The van der Waals surface area contributed by atoms with Gasteiger partial charge in [0.15, 0.2) is 0 Å². The van der Waals surface area contributed by atoms with Crippen molar-refractivity contribution in [3.8, 4) is 0 Å². The highest BCUT2D eigenvalue weighted by molar-refractivity contribution is 5.79. The summed E-state index contributed by atoms with van der Waals surface area (Å²) in [6, 6.07) is 0. The molecule has 4 heteroatoms. The van der Waals surface area contributed by atoms with E-state index in [4.69, 9.17) is 0 Å². The molecule has 0 unspecified atom stereocenters. The molecule has 2 heterocycles. The van der Waals surface area contributed by atoms with Crippen molar-refractivity contribution in [2.24, 2.45) is 11.8 Å². The summed E-state index contributed by atoms with van der Waals surface area (Å²) in [5.41, 5.74) is 0. The molecule has 0 spiro atoms. The molecule has 2 aliphatic rings. The molecule has 4 nitrogen and oxygen atoms in total. The predicted octanol–water partition coefficient (Wildman–Crippen LogP) is 1.57. The first-order chi connectivity index (χ1) is 9.66. The van der Waals surface area contributed by atoms with Gasteiger partial charge in [0.1, 0.15) is 0 Å². The van der Waals surface area contributed by atoms with Gasteiger partial charge >= 0.3 is 0 Å². The molecule has 2 fully saturated rings. The zero-order valence-electron chi connectivity index (χ0n) is 13.2. The Kier molecular flexibility index (Phi) is 6.30. The Hall–Kier alpha value is -0.610. The predicted molar refractivity (Wildman–Crippen MR) is 82.7 cm³/mol. The number of nitrogens with one attached hydrogen (secondary N) is 1. The second-order valence-corrected chi connectivity index (χ2v) is 6.74. The van der Waals surface area contributed by atoms with Crippen LogP contribution in [0.1, 0.15) is 38.5 Å². The van der Waals surface area contributed by atoms with Gasteiger partial charge in [-0.3, -0.25) is 4.79 Å². The van der Waals surface area contributed by atoms with Crippen LogP contribution < -0.4 is 5.32 Å². The van der Waals surface area contributed by atoms with E-state index in [1.165, 1.54) is 32.2 Å². The first-order valence-electron chi connectivity index (χ1n) is 8.31. The molecule has 2 aliphatic heterocycles. The fourth-order valence-electron chi connectivity index (χ4n) is 3.47. The molecule has 0 saturated carbocycles. The van der Waals surface area contributed by atoms with E-state index < -0.39 is 0 Å². The van der Waals surface area contributed by atoms with Crippen LogP contribution in [0.25, 0.3) is 0 Å². The highest BCUT2D eigenvalue weighted by Gasteiger charge is 2.28. The third-order valence-corrected chi connectivity index (χ3v) is 4.83. The van der Waals surface area contributed by atoms with Gasteiger partial charge in [-0.25, -0.2) is 0 Å². The third-order valence-electron chi connectivity index (χ3n) is 4.83. The van der Waals surface area contributed by atoms with Crippen LogP contribution in [0.4, 0.5) is 0 Å². The highest BCUT2D eigenvalue weighted by Crippen LogP contribution is 2.24. The Morgan fingerprint density at radius 2 is 1.80 bits per heavy atom. The lowest BCUT2D eigenvalue weighted by molar-refractivity contribution is -0.137. The summed E-state index contributed by atoms with van der Waals surface area (Å²) in [5.74, 6) is 1.56. The summed E-state index contributed by atoms with van der Waals surface area (Å²) in [5, 5.41) is 3.34. The van der Waals surface area contributed by atoms with Crippen LogP contribution in [0.5, 0.6) is 0 Å².